The Morgan fingerprint density at radius 1 is 0.975 bits per heavy atom. The zero-order valence-electron chi connectivity index (χ0n) is 24.7. The van der Waals surface area contributed by atoms with Crippen LogP contribution in [0.1, 0.15) is 61.3 Å². The van der Waals surface area contributed by atoms with Gasteiger partial charge >= 0.3 is 17.9 Å². The summed E-state index contributed by atoms with van der Waals surface area (Å²) in [6.45, 7) is 14.2. The number of allylic oxidation sites excluding steroid dienone is 1. The maximum absolute atomic E-state index is 14.1. The molecular formula is C29H42O11. The van der Waals surface area contributed by atoms with Crippen molar-refractivity contribution in [3.05, 3.63) is 12.2 Å². The van der Waals surface area contributed by atoms with Gasteiger partial charge in [-0.2, -0.15) is 0 Å². The number of aliphatic hydroxyl groups is 3. The molecule has 3 rings (SSSR count). The standard InChI is InChI=1S/C29H42O11/c1-13-11-15-27(6)17(32)12-16(31)25(3,4)19(27)18(40-14(2)30)21(33)28(15,7)20(22(34)38-9)26(13,5)23(35)29(8,37)24(36)39-10/h15,17-21,32-33,37H,1,11-12H2,2-10H3/t15-,17-,18-,19+,20-,21+,26+,27-,28+,29-/m0/s1. The lowest BCUT2D eigenvalue weighted by Gasteiger charge is -2.70. The molecule has 0 spiro atoms. The second kappa shape index (κ2) is 9.73. The highest BCUT2D eigenvalue weighted by Gasteiger charge is 2.77. The molecule has 0 saturated heterocycles. The van der Waals surface area contributed by atoms with Crippen molar-refractivity contribution in [2.75, 3.05) is 14.2 Å². The fourth-order valence-corrected chi connectivity index (χ4v) is 8.56. The summed E-state index contributed by atoms with van der Waals surface area (Å²) in [5.74, 6) is -7.52. The summed E-state index contributed by atoms with van der Waals surface area (Å²) in [6, 6.07) is 0. The summed E-state index contributed by atoms with van der Waals surface area (Å²) in [5.41, 5.74) is -8.51. The van der Waals surface area contributed by atoms with Crippen molar-refractivity contribution in [1.29, 1.82) is 0 Å². The first kappa shape index (κ1) is 31.9. The van der Waals surface area contributed by atoms with Crippen LogP contribution in [-0.4, -0.2) is 82.9 Å². The minimum atomic E-state index is -2.69. The maximum atomic E-state index is 14.1. The van der Waals surface area contributed by atoms with Gasteiger partial charge < -0.3 is 29.5 Å². The highest BCUT2D eigenvalue weighted by molar-refractivity contribution is 6.11. The number of Topliss-reactive ketones (excluding diaryl/α,β-unsaturated/α-hetero) is 2. The number of methoxy groups -OCH3 is 2. The van der Waals surface area contributed by atoms with Gasteiger partial charge in [0.1, 0.15) is 11.9 Å². The van der Waals surface area contributed by atoms with E-state index in [-0.39, 0.29) is 24.2 Å². The van der Waals surface area contributed by atoms with Gasteiger partial charge in [0.25, 0.3) is 0 Å². The van der Waals surface area contributed by atoms with E-state index in [1.165, 1.54) is 6.92 Å². The van der Waals surface area contributed by atoms with Crippen molar-refractivity contribution in [2.24, 2.45) is 39.4 Å². The van der Waals surface area contributed by atoms with Gasteiger partial charge in [-0.25, -0.2) is 4.79 Å². The van der Waals surface area contributed by atoms with E-state index < -0.39 is 87.0 Å². The number of hydrogen-bond donors (Lipinski definition) is 3. The molecule has 3 aliphatic rings. The van der Waals surface area contributed by atoms with Crippen molar-refractivity contribution in [3.8, 4) is 0 Å². The number of ketones is 2. The number of fused-ring (bicyclic) bond motifs is 3. The van der Waals surface area contributed by atoms with Crippen molar-refractivity contribution >= 4 is 29.5 Å². The smallest absolute Gasteiger partial charge is 0.345 e. The van der Waals surface area contributed by atoms with E-state index >= 15 is 0 Å². The van der Waals surface area contributed by atoms with Crippen LogP contribution in [0.5, 0.6) is 0 Å². The third-order valence-electron chi connectivity index (χ3n) is 10.7. The number of rotatable bonds is 5. The molecule has 0 radical (unpaired) electrons. The molecule has 224 valence electrons. The highest BCUT2D eigenvalue weighted by Crippen LogP contribution is 2.71. The summed E-state index contributed by atoms with van der Waals surface area (Å²) in [4.78, 5) is 65.8. The van der Waals surface area contributed by atoms with Crippen molar-refractivity contribution in [1.82, 2.24) is 0 Å². The molecule has 11 nitrogen and oxygen atoms in total. The van der Waals surface area contributed by atoms with Gasteiger partial charge in [0.2, 0.25) is 5.60 Å². The first-order chi connectivity index (χ1) is 18.1. The second-order valence-corrected chi connectivity index (χ2v) is 13.0. The first-order valence-electron chi connectivity index (χ1n) is 13.3. The van der Waals surface area contributed by atoms with Crippen LogP contribution in [0.15, 0.2) is 12.2 Å². The van der Waals surface area contributed by atoms with Gasteiger partial charge in [0.05, 0.1) is 37.8 Å². The molecule has 3 aliphatic carbocycles. The number of aliphatic hydroxyl groups excluding tert-OH is 2. The Morgan fingerprint density at radius 2 is 1.52 bits per heavy atom. The van der Waals surface area contributed by atoms with Gasteiger partial charge in [-0.05, 0) is 26.2 Å². The maximum Gasteiger partial charge on any atom is 0.345 e. The van der Waals surface area contributed by atoms with E-state index in [1.807, 2.05) is 0 Å². The quantitative estimate of drug-likeness (QED) is 0.188. The molecule has 40 heavy (non-hydrogen) atoms. The lowest BCUT2D eigenvalue weighted by molar-refractivity contribution is -0.288. The van der Waals surface area contributed by atoms with Crippen LogP contribution in [0.25, 0.3) is 0 Å². The van der Waals surface area contributed by atoms with Gasteiger partial charge in [-0.3, -0.25) is 19.2 Å². The zero-order valence-corrected chi connectivity index (χ0v) is 24.7. The molecule has 0 aromatic rings. The Balaban J connectivity index is 2.41. The normalized spacial score (nSPS) is 42.0. The fraction of sp³-hybridized carbons (Fsp3) is 0.759. The molecule has 0 aromatic carbocycles. The van der Waals surface area contributed by atoms with Gasteiger partial charge in [0, 0.05) is 35.5 Å². The topological polar surface area (TPSA) is 174 Å². The molecule has 0 bridgehead atoms. The Hall–Kier alpha value is -2.63. The summed E-state index contributed by atoms with van der Waals surface area (Å²) in [6.07, 6.45) is -4.49. The molecule has 3 N–H and O–H groups in total. The molecule has 3 fully saturated rings. The second-order valence-electron chi connectivity index (χ2n) is 13.0. The predicted octanol–water partition coefficient (Wildman–Crippen LogP) is 1.15. The average molecular weight is 567 g/mol. The Labute approximate surface area is 234 Å². The van der Waals surface area contributed by atoms with Crippen molar-refractivity contribution in [3.63, 3.8) is 0 Å². The minimum absolute atomic E-state index is 0.0261. The van der Waals surface area contributed by atoms with E-state index in [1.54, 1.807) is 27.7 Å². The molecule has 0 unspecified atom stereocenters. The molecular weight excluding hydrogens is 524 g/mol. The zero-order chi connectivity index (χ0) is 31.0. The van der Waals surface area contributed by atoms with Crippen LogP contribution in [0.4, 0.5) is 0 Å². The Kier molecular flexibility index (Phi) is 7.76. The number of ether oxygens (including phenoxy) is 3. The SMILES string of the molecule is C=C1C[C@@H]2[C@@](C)([C@H](O)[C@@H](OC(C)=O)[C@@H]3C(C)(C)C(=O)C[C@H](O)[C@]23C)[C@@H](C(=O)OC)[C@]1(C)C(=O)[C@](C)(O)C(=O)OC. The van der Waals surface area contributed by atoms with E-state index in [0.717, 1.165) is 28.1 Å². The molecule has 0 amide bonds. The lowest BCUT2D eigenvalue weighted by atomic mass is 9.34. The number of carbonyl (C=O) groups excluding carboxylic acids is 5. The highest BCUT2D eigenvalue weighted by atomic mass is 16.6. The van der Waals surface area contributed by atoms with Crippen LogP contribution < -0.4 is 0 Å². The monoisotopic (exact) mass is 566 g/mol. The summed E-state index contributed by atoms with van der Waals surface area (Å²) >= 11 is 0. The van der Waals surface area contributed by atoms with E-state index in [9.17, 15) is 39.3 Å². The first-order valence-corrected chi connectivity index (χ1v) is 13.3. The molecule has 10 atom stereocenters. The third kappa shape index (κ3) is 3.91. The molecule has 11 heteroatoms. The average Bonchev–Trinajstić information content (AvgIpc) is 2.86. The van der Waals surface area contributed by atoms with Gasteiger partial charge in [-0.1, -0.05) is 39.8 Å². The van der Waals surface area contributed by atoms with Crippen molar-refractivity contribution in [2.45, 2.75) is 85.2 Å². The van der Waals surface area contributed by atoms with Crippen LogP contribution in [0.3, 0.4) is 0 Å². The largest absolute Gasteiger partial charge is 0.469 e. The molecule has 0 heterocycles. The van der Waals surface area contributed by atoms with E-state index in [4.69, 9.17) is 9.47 Å². The van der Waals surface area contributed by atoms with Crippen LogP contribution in [-0.2, 0) is 38.2 Å². The number of hydrogen-bond acceptors (Lipinski definition) is 11. The van der Waals surface area contributed by atoms with Crippen molar-refractivity contribution < 1.29 is 53.5 Å². The molecule has 0 aliphatic heterocycles. The lowest BCUT2D eigenvalue weighted by Crippen LogP contribution is -2.77. The Bertz CT molecular complexity index is 1150. The summed E-state index contributed by atoms with van der Waals surface area (Å²) in [7, 11) is 2.10. The summed E-state index contributed by atoms with van der Waals surface area (Å²) < 4.78 is 15.5. The predicted molar refractivity (Wildman–Crippen MR) is 139 cm³/mol. The van der Waals surface area contributed by atoms with Crippen LogP contribution >= 0.6 is 0 Å². The number of carbonyl (C=O) groups is 5. The molecule has 3 saturated carbocycles. The third-order valence-corrected chi connectivity index (χ3v) is 10.7. The van der Waals surface area contributed by atoms with Crippen LogP contribution in [0.2, 0.25) is 0 Å². The molecule has 0 aromatic heterocycles. The van der Waals surface area contributed by atoms with E-state index in [2.05, 4.69) is 11.3 Å². The van der Waals surface area contributed by atoms with E-state index in [0.29, 0.717) is 0 Å². The summed E-state index contributed by atoms with van der Waals surface area (Å²) in [5, 5.41) is 34.7. The van der Waals surface area contributed by atoms with Gasteiger partial charge in [-0.15, -0.1) is 0 Å². The van der Waals surface area contributed by atoms with Crippen LogP contribution in [0, 0.1) is 39.4 Å². The van der Waals surface area contributed by atoms with Gasteiger partial charge in [0.15, 0.2) is 5.78 Å². The minimum Gasteiger partial charge on any atom is -0.469 e. The fourth-order valence-electron chi connectivity index (χ4n) is 8.56. The Morgan fingerprint density at radius 3 is 2.00 bits per heavy atom. The number of esters is 3.